The minimum absolute atomic E-state index is 0.0332. The maximum Gasteiger partial charge on any atom is 0.339 e. The molecule has 1 aliphatic carbocycles. The summed E-state index contributed by atoms with van der Waals surface area (Å²) < 4.78 is 36.6. The highest BCUT2D eigenvalue weighted by atomic mass is 32.2. The fourth-order valence-corrected chi connectivity index (χ4v) is 5.19. The van der Waals surface area contributed by atoms with Gasteiger partial charge < -0.3 is 19.1 Å². The van der Waals surface area contributed by atoms with Crippen molar-refractivity contribution in [3.8, 4) is 11.5 Å². The number of amides is 2. The van der Waals surface area contributed by atoms with E-state index in [1.165, 1.54) is 49.6 Å². The highest BCUT2D eigenvalue weighted by Crippen LogP contribution is 2.34. The van der Waals surface area contributed by atoms with E-state index in [-0.39, 0.29) is 28.2 Å². The van der Waals surface area contributed by atoms with Crippen molar-refractivity contribution in [2.75, 3.05) is 19.0 Å². The molecule has 35 heavy (non-hydrogen) atoms. The molecule has 1 heterocycles. The van der Waals surface area contributed by atoms with Crippen molar-refractivity contribution >= 4 is 39.0 Å². The molecule has 0 atom stereocenters. The third-order valence-electron chi connectivity index (χ3n) is 5.46. The van der Waals surface area contributed by atoms with Crippen molar-refractivity contribution in [2.45, 2.75) is 31.2 Å². The first-order valence-corrected chi connectivity index (χ1v) is 13.4. The topological polar surface area (TPSA) is 102 Å². The molecule has 2 aromatic carbocycles. The maximum atomic E-state index is 13.0. The van der Waals surface area contributed by atoms with Crippen LogP contribution in [-0.2, 0) is 21.5 Å². The van der Waals surface area contributed by atoms with Crippen LogP contribution < -0.4 is 14.2 Å². The summed E-state index contributed by atoms with van der Waals surface area (Å²) in [6.45, 7) is 2.34. The smallest absolute Gasteiger partial charge is 0.339 e. The summed E-state index contributed by atoms with van der Waals surface area (Å²) in [5.74, 6) is 0.480. The van der Waals surface area contributed by atoms with Gasteiger partial charge in [-0.05, 0) is 72.2 Å². The number of hydrogen-bond acceptors (Lipinski definition) is 7. The Bertz CT molecular complexity index is 1300. The van der Waals surface area contributed by atoms with Crippen molar-refractivity contribution in [1.29, 1.82) is 0 Å². The Morgan fingerprint density at radius 3 is 2.43 bits per heavy atom. The van der Waals surface area contributed by atoms with Gasteiger partial charge >= 0.3 is 10.1 Å². The quantitative estimate of drug-likeness (QED) is 0.399. The molecule has 184 valence electrons. The molecule has 8 nitrogen and oxygen atoms in total. The molecule has 0 radical (unpaired) electrons. The molecule has 1 N–H and O–H groups in total. The number of nitrogens with zero attached hydrogens (tertiary/aromatic N) is 1. The minimum Gasteiger partial charge on any atom is -0.493 e. The molecular weight excluding hydrogens is 488 g/mol. The Balaban J connectivity index is 1.55. The van der Waals surface area contributed by atoms with Gasteiger partial charge in [-0.2, -0.15) is 8.42 Å². The van der Waals surface area contributed by atoms with Crippen LogP contribution >= 0.6 is 11.3 Å². The fourth-order valence-electron chi connectivity index (χ4n) is 3.57. The Morgan fingerprint density at radius 1 is 1.09 bits per heavy atom. The van der Waals surface area contributed by atoms with Crippen LogP contribution in [0.25, 0.3) is 0 Å². The minimum atomic E-state index is -4.17. The first kappa shape index (κ1) is 24.7. The lowest BCUT2D eigenvalue weighted by molar-refractivity contribution is -0.114. The predicted molar refractivity (Wildman–Crippen MR) is 133 cm³/mol. The molecule has 1 fully saturated rings. The number of nitrogens with one attached hydrogen (secondary N) is 1. The second-order valence-corrected chi connectivity index (χ2v) is 10.8. The van der Waals surface area contributed by atoms with Gasteiger partial charge in [-0.25, -0.2) is 0 Å². The highest BCUT2D eigenvalue weighted by Gasteiger charge is 2.28. The van der Waals surface area contributed by atoms with Crippen LogP contribution in [0.3, 0.4) is 0 Å². The third kappa shape index (κ3) is 6.40. The van der Waals surface area contributed by atoms with Gasteiger partial charge in [-0.1, -0.05) is 12.1 Å². The van der Waals surface area contributed by atoms with Crippen LogP contribution in [0.2, 0.25) is 0 Å². The van der Waals surface area contributed by atoms with Crippen LogP contribution in [-0.4, -0.2) is 38.8 Å². The van der Waals surface area contributed by atoms with E-state index in [0.29, 0.717) is 29.6 Å². The molecule has 0 saturated heterocycles. The summed E-state index contributed by atoms with van der Waals surface area (Å²) in [5.41, 5.74) is 1.20. The lowest BCUT2D eigenvalue weighted by Crippen LogP contribution is -2.32. The van der Waals surface area contributed by atoms with Crippen LogP contribution in [0, 0.1) is 5.92 Å². The highest BCUT2D eigenvalue weighted by molar-refractivity contribution is 7.87. The number of ether oxygens (including phenoxy) is 1. The van der Waals surface area contributed by atoms with Crippen LogP contribution in [0.15, 0.2) is 64.9 Å². The molecule has 2 amide bonds. The number of carbonyl (C=O) groups excluding carboxylic acids is 2. The summed E-state index contributed by atoms with van der Waals surface area (Å²) in [7, 11) is -2.74. The van der Waals surface area contributed by atoms with E-state index in [4.69, 9.17) is 8.92 Å². The molecule has 10 heteroatoms. The zero-order valence-electron chi connectivity index (χ0n) is 19.4. The fraction of sp³-hybridized carbons (Fsp3) is 0.280. The predicted octanol–water partition coefficient (Wildman–Crippen LogP) is 4.54. The van der Waals surface area contributed by atoms with Crippen molar-refractivity contribution in [3.63, 3.8) is 0 Å². The Morgan fingerprint density at radius 2 is 1.83 bits per heavy atom. The Hall–Kier alpha value is -3.37. The zero-order chi connectivity index (χ0) is 25.0. The van der Waals surface area contributed by atoms with Crippen molar-refractivity contribution < 1.29 is 26.9 Å². The van der Waals surface area contributed by atoms with Crippen LogP contribution in [0.4, 0.5) is 5.69 Å². The van der Waals surface area contributed by atoms with Gasteiger partial charge in [-0.15, -0.1) is 11.3 Å². The molecule has 1 saturated carbocycles. The van der Waals surface area contributed by atoms with Gasteiger partial charge in [0.1, 0.15) is 4.90 Å². The van der Waals surface area contributed by atoms with Gasteiger partial charge in [-0.3, -0.25) is 9.59 Å². The SMILES string of the molecule is COc1ccc(CN(CC2CC2)C(=O)c2cccs2)cc1OS(=O)(=O)c1ccc(NC(C)=O)cc1. The van der Waals surface area contributed by atoms with Gasteiger partial charge in [0.25, 0.3) is 5.91 Å². The average molecular weight is 515 g/mol. The molecule has 1 aliphatic rings. The van der Waals surface area contributed by atoms with Crippen LogP contribution in [0.1, 0.15) is 35.0 Å². The van der Waals surface area contributed by atoms with E-state index in [9.17, 15) is 18.0 Å². The van der Waals surface area contributed by atoms with Gasteiger partial charge in [0.2, 0.25) is 5.91 Å². The first-order chi connectivity index (χ1) is 16.7. The molecule has 0 bridgehead atoms. The number of thiophene rings is 1. The van der Waals surface area contributed by atoms with E-state index in [0.717, 1.165) is 18.4 Å². The van der Waals surface area contributed by atoms with Crippen molar-refractivity contribution in [2.24, 2.45) is 5.92 Å². The molecule has 3 aromatic rings. The summed E-state index contributed by atoms with van der Waals surface area (Å²) >= 11 is 1.40. The van der Waals surface area contributed by atoms with Gasteiger partial charge in [0.15, 0.2) is 11.5 Å². The van der Waals surface area contributed by atoms with E-state index in [1.807, 2.05) is 11.4 Å². The first-order valence-electron chi connectivity index (χ1n) is 11.1. The lowest BCUT2D eigenvalue weighted by Gasteiger charge is -2.23. The normalized spacial score (nSPS) is 13.2. The monoisotopic (exact) mass is 514 g/mol. The molecule has 1 aromatic heterocycles. The van der Waals surface area contributed by atoms with Gasteiger partial charge in [0, 0.05) is 25.7 Å². The van der Waals surface area contributed by atoms with Gasteiger partial charge in [0.05, 0.1) is 12.0 Å². The Kier molecular flexibility index (Phi) is 7.42. The third-order valence-corrected chi connectivity index (χ3v) is 7.57. The summed E-state index contributed by atoms with van der Waals surface area (Å²) in [4.78, 5) is 26.6. The number of benzene rings is 2. The number of hydrogen-bond donors (Lipinski definition) is 1. The summed E-state index contributed by atoms with van der Waals surface area (Å²) in [6.07, 6.45) is 2.20. The largest absolute Gasteiger partial charge is 0.493 e. The maximum absolute atomic E-state index is 13.0. The van der Waals surface area contributed by atoms with Crippen LogP contribution in [0.5, 0.6) is 11.5 Å². The second kappa shape index (κ2) is 10.5. The van der Waals surface area contributed by atoms with E-state index in [2.05, 4.69) is 5.32 Å². The molecule has 0 spiro atoms. The number of anilines is 1. The Labute approximate surface area is 208 Å². The molecule has 0 aliphatic heterocycles. The second-order valence-electron chi connectivity index (χ2n) is 8.33. The van der Waals surface area contributed by atoms with Crippen molar-refractivity contribution in [3.05, 3.63) is 70.4 Å². The zero-order valence-corrected chi connectivity index (χ0v) is 21.0. The molecular formula is C25H26N2O6S2. The summed E-state index contributed by atoms with van der Waals surface area (Å²) in [5, 5.41) is 4.46. The van der Waals surface area contributed by atoms with E-state index < -0.39 is 10.1 Å². The van der Waals surface area contributed by atoms with E-state index >= 15 is 0 Å². The standard InChI is InChI=1S/C25H26N2O6S2/c1-17(28)26-20-8-10-21(11-9-20)35(30,31)33-23-14-19(7-12-22(23)32-2)16-27(15-18-5-6-18)25(29)24-4-3-13-34-24/h3-4,7-14,18H,5-6,15-16H2,1-2H3,(H,26,28). The lowest BCUT2D eigenvalue weighted by atomic mass is 10.1. The molecule has 4 rings (SSSR count). The van der Waals surface area contributed by atoms with Crippen molar-refractivity contribution in [1.82, 2.24) is 4.90 Å². The number of rotatable bonds is 10. The van der Waals surface area contributed by atoms with E-state index in [1.54, 1.807) is 29.2 Å². The molecule has 0 unspecified atom stereocenters. The number of carbonyl (C=O) groups is 2. The summed E-state index contributed by atoms with van der Waals surface area (Å²) in [6, 6.07) is 14.3. The number of methoxy groups -OCH3 is 1. The average Bonchev–Trinajstić information content (AvgIpc) is 3.46.